The van der Waals surface area contributed by atoms with Crippen LogP contribution in [0.1, 0.15) is 12.5 Å². The summed E-state index contributed by atoms with van der Waals surface area (Å²) in [5, 5.41) is 6.85. The van der Waals surface area contributed by atoms with Gasteiger partial charge in [-0.1, -0.05) is 121 Å². The third-order valence-corrected chi connectivity index (χ3v) is 12.2. The van der Waals surface area contributed by atoms with E-state index in [1.165, 1.54) is 27.1 Å². The molecule has 1 aliphatic heterocycles. The highest BCUT2D eigenvalue weighted by atomic mass is 32.2. The molecule has 0 amide bonds. The second kappa shape index (κ2) is 10.9. The van der Waals surface area contributed by atoms with Gasteiger partial charge in [0.1, 0.15) is 0 Å². The van der Waals surface area contributed by atoms with Crippen molar-refractivity contribution in [2.45, 2.75) is 22.3 Å². The Morgan fingerprint density at radius 2 is 1.29 bits per heavy atom. The molecule has 51 heavy (non-hydrogen) atoms. The number of allylic oxidation sites excluding steroid dienone is 4. The van der Waals surface area contributed by atoms with Gasteiger partial charge in [-0.3, -0.25) is 0 Å². The van der Waals surface area contributed by atoms with Crippen molar-refractivity contribution in [3.8, 4) is 5.69 Å². The van der Waals surface area contributed by atoms with Crippen molar-refractivity contribution in [3.05, 3.63) is 170 Å². The van der Waals surface area contributed by atoms with Gasteiger partial charge in [0.2, 0.25) is 0 Å². The Morgan fingerprint density at radius 1 is 0.588 bits per heavy atom. The average molecular weight is 674 g/mol. The molecule has 11 rings (SSSR count). The largest absolute Gasteiger partial charge is 0.331 e. The Kier molecular flexibility index (Phi) is 6.13. The molecule has 0 bridgehead atoms. The fourth-order valence-electron chi connectivity index (χ4n) is 8.62. The SMILES string of the molecule is O=S1c2ccccc2N(c2ccc3ccccc3c2)c2c1c1c3ccccc3n(-c3ccccc3)c1c1c3ccccc3n(C3C=CC=CC3)c21. The molecule has 7 aromatic carbocycles. The molecule has 2 aliphatic rings. The third-order valence-electron chi connectivity index (χ3n) is 10.7. The van der Waals surface area contributed by atoms with Crippen molar-refractivity contribution in [1.82, 2.24) is 9.13 Å². The molecule has 5 heteroatoms. The van der Waals surface area contributed by atoms with Gasteiger partial charge in [0.25, 0.3) is 0 Å². The zero-order chi connectivity index (χ0) is 33.6. The number of hydrogen-bond acceptors (Lipinski definition) is 2. The minimum Gasteiger partial charge on any atom is -0.331 e. The Balaban J connectivity index is 1.43. The second-order valence-electron chi connectivity index (χ2n) is 13.4. The first-order valence-electron chi connectivity index (χ1n) is 17.5. The van der Waals surface area contributed by atoms with E-state index in [-0.39, 0.29) is 6.04 Å². The lowest BCUT2D eigenvalue weighted by molar-refractivity contribution is 0.647. The number of rotatable bonds is 3. The minimum atomic E-state index is -1.48. The van der Waals surface area contributed by atoms with E-state index in [1.807, 2.05) is 12.1 Å². The number of benzene rings is 7. The van der Waals surface area contributed by atoms with Gasteiger partial charge in [0.15, 0.2) is 0 Å². The average Bonchev–Trinajstić information content (AvgIpc) is 3.72. The molecule has 2 aromatic heterocycles. The summed E-state index contributed by atoms with van der Waals surface area (Å²) in [5.74, 6) is 0. The van der Waals surface area contributed by atoms with Gasteiger partial charge in [-0.05, 0) is 65.7 Å². The Bertz CT molecular complexity index is 2980. The molecule has 1 aliphatic carbocycles. The molecule has 0 radical (unpaired) electrons. The normalized spacial score (nSPS) is 16.8. The first kappa shape index (κ1) is 28.6. The summed E-state index contributed by atoms with van der Waals surface area (Å²) in [6.07, 6.45) is 9.73. The molecule has 0 fully saturated rings. The van der Waals surface area contributed by atoms with E-state index in [0.717, 1.165) is 66.3 Å². The first-order valence-corrected chi connectivity index (χ1v) is 18.6. The van der Waals surface area contributed by atoms with Crippen molar-refractivity contribution < 1.29 is 4.21 Å². The summed E-state index contributed by atoms with van der Waals surface area (Å²) >= 11 is 0. The molecule has 2 unspecified atom stereocenters. The van der Waals surface area contributed by atoms with Crippen LogP contribution in [0.4, 0.5) is 17.1 Å². The van der Waals surface area contributed by atoms with Crippen LogP contribution >= 0.6 is 0 Å². The van der Waals surface area contributed by atoms with E-state index in [0.29, 0.717) is 0 Å². The number of anilines is 3. The Hall–Kier alpha value is -6.17. The zero-order valence-corrected chi connectivity index (χ0v) is 28.4. The number of nitrogens with zero attached hydrogens (tertiary/aromatic N) is 3. The predicted molar refractivity (Wildman–Crippen MR) is 213 cm³/mol. The molecule has 2 atom stereocenters. The van der Waals surface area contributed by atoms with Crippen LogP contribution in [0.15, 0.2) is 180 Å². The topological polar surface area (TPSA) is 30.2 Å². The summed E-state index contributed by atoms with van der Waals surface area (Å²) in [7, 11) is -1.48. The highest BCUT2D eigenvalue weighted by molar-refractivity contribution is 7.85. The number of hydrogen-bond donors (Lipinski definition) is 0. The molecule has 3 heterocycles. The van der Waals surface area contributed by atoms with Crippen molar-refractivity contribution in [2.75, 3.05) is 4.90 Å². The monoisotopic (exact) mass is 673 g/mol. The van der Waals surface area contributed by atoms with Crippen LogP contribution < -0.4 is 4.90 Å². The van der Waals surface area contributed by atoms with E-state index >= 15 is 4.21 Å². The van der Waals surface area contributed by atoms with Gasteiger partial charge >= 0.3 is 0 Å². The van der Waals surface area contributed by atoms with Crippen LogP contribution in [-0.2, 0) is 10.8 Å². The van der Waals surface area contributed by atoms with E-state index in [4.69, 9.17) is 0 Å². The molecule has 0 saturated carbocycles. The lowest BCUT2D eigenvalue weighted by atomic mass is 10.0. The van der Waals surface area contributed by atoms with Crippen LogP contribution in [0.25, 0.3) is 60.1 Å². The Labute approximate surface area is 297 Å². The molecule has 0 N–H and O–H groups in total. The van der Waals surface area contributed by atoms with Crippen molar-refractivity contribution in [2.24, 2.45) is 0 Å². The maximum absolute atomic E-state index is 15.5. The molecular weight excluding hydrogens is 643 g/mol. The van der Waals surface area contributed by atoms with Gasteiger partial charge in [-0.2, -0.15) is 0 Å². The number of aromatic nitrogens is 2. The van der Waals surface area contributed by atoms with E-state index in [1.54, 1.807) is 0 Å². The second-order valence-corrected chi connectivity index (χ2v) is 14.8. The van der Waals surface area contributed by atoms with Crippen LogP contribution in [0.3, 0.4) is 0 Å². The quantitative estimate of drug-likeness (QED) is 0.187. The van der Waals surface area contributed by atoms with Gasteiger partial charge in [-0.15, -0.1) is 0 Å². The molecule has 4 nitrogen and oxygen atoms in total. The van der Waals surface area contributed by atoms with Crippen LogP contribution in [0, 0.1) is 0 Å². The fourth-order valence-corrected chi connectivity index (χ4v) is 10.1. The maximum atomic E-state index is 15.5. The van der Waals surface area contributed by atoms with Gasteiger partial charge < -0.3 is 14.0 Å². The molecule has 0 spiro atoms. The standard InChI is InChI=1S/C46H31N3OS/c50-51-40-26-14-13-25-39(40)49(34-28-27-30-15-7-8-16-31(30)29-34)45-44-41(35-21-9-11-23-37(35)48(44)33-19-5-2-6-20-33)43-42(46(45)51)36-22-10-12-24-38(36)47(43)32-17-3-1-4-18-32/h1-19,21-29,33H,20H2. The van der Waals surface area contributed by atoms with Gasteiger partial charge in [0, 0.05) is 38.4 Å². The summed E-state index contributed by atoms with van der Waals surface area (Å²) < 4.78 is 20.4. The summed E-state index contributed by atoms with van der Waals surface area (Å²) in [6.45, 7) is 0. The van der Waals surface area contributed by atoms with Crippen LogP contribution in [0.2, 0.25) is 0 Å². The number of para-hydroxylation sites is 4. The summed E-state index contributed by atoms with van der Waals surface area (Å²) in [4.78, 5) is 4.07. The summed E-state index contributed by atoms with van der Waals surface area (Å²) in [6, 6.07) is 51.6. The van der Waals surface area contributed by atoms with Crippen LogP contribution in [0.5, 0.6) is 0 Å². The predicted octanol–water partition coefficient (Wildman–Crippen LogP) is 12.1. The maximum Gasteiger partial charge on any atom is 0.0900 e. The van der Waals surface area contributed by atoms with E-state index < -0.39 is 10.8 Å². The molecule has 242 valence electrons. The lowest BCUT2D eigenvalue weighted by Crippen LogP contribution is -2.21. The van der Waals surface area contributed by atoms with E-state index in [2.05, 4.69) is 172 Å². The Morgan fingerprint density at radius 3 is 2.12 bits per heavy atom. The fraction of sp³-hybridized carbons (Fsp3) is 0.0435. The van der Waals surface area contributed by atoms with E-state index in [9.17, 15) is 0 Å². The minimum absolute atomic E-state index is 0.0811. The lowest BCUT2D eigenvalue weighted by Gasteiger charge is -2.35. The zero-order valence-electron chi connectivity index (χ0n) is 27.6. The van der Waals surface area contributed by atoms with Crippen LogP contribution in [-0.4, -0.2) is 13.3 Å². The highest BCUT2D eigenvalue weighted by Crippen LogP contribution is 2.57. The smallest absolute Gasteiger partial charge is 0.0900 e. The van der Waals surface area contributed by atoms with Crippen molar-refractivity contribution in [1.29, 1.82) is 0 Å². The highest BCUT2D eigenvalue weighted by Gasteiger charge is 2.38. The molecule has 0 saturated heterocycles. The first-order chi connectivity index (χ1) is 25.3. The molecule has 9 aromatic rings. The molecular formula is C46H31N3OS. The third kappa shape index (κ3) is 3.98. The van der Waals surface area contributed by atoms with Crippen molar-refractivity contribution in [3.63, 3.8) is 0 Å². The number of fused-ring (bicyclic) bond motifs is 12. The van der Waals surface area contributed by atoms with Gasteiger partial charge in [0.05, 0.1) is 54.6 Å². The van der Waals surface area contributed by atoms with Crippen molar-refractivity contribution >= 4 is 82.2 Å². The van der Waals surface area contributed by atoms with Gasteiger partial charge in [-0.25, -0.2) is 4.21 Å². The summed E-state index contributed by atoms with van der Waals surface area (Å²) in [5.41, 5.74) is 8.51.